The van der Waals surface area contributed by atoms with E-state index < -0.39 is 20.0 Å². The first-order valence-corrected chi connectivity index (χ1v) is 40.1. The number of quaternary nitrogens is 1. The second-order valence-electron chi connectivity index (χ2n) is 27.4. The average molecular weight is 1280 g/mol. The molecule has 0 aromatic carbocycles. The van der Waals surface area contributed by atoms with Gasteiger partial charge in [0.1, 0.15) is 13.2 Å². The molecule has 524 valence electrons. The first kappa shape index (κ1) is 87.4. The molecule has 0 radical (unpaired) electrons. The summed E-state index contributed by atoms with van der Waals surface area (Å²) in [6.07, 6.45) is 102. The largest absolute Gasteiger partial charge is 0.472 e. The van der Waals surface area contributed by atoms with Crippen LogP contribution in [-0.2, 0) is 18.4 Å². The number of carbonyl (C=O) groups is 1. The van der Waals surface area contributed by atoms with Crippen molar-refractivity contribution in [3.63, 3.8) is 0 Å². The minimum Gasteiger partial charge on any atom is -0.391 e. The van der Waals surface area contributed by atoms with Gasteiger partial charge >= 0.3 is 7.82 Å². The van der Waals surface area contributed by atoms with Gasteiger partial charge in [0.05, 0.1) is 39.9 Å². The second-order valence-corrected chi connectivity index (χ2v) is 28.8. The third kappa shape index (κ3) is 72.8. The van der Waals surface area contributed by atoms with Gasteiger partial charge in [-0.05, 0) is 77.0 Å². The maximum Gasteiger partial charge on any atom is 0.472 e. The van der Waals surface area contributed by atoms with Crippen LogP contribution < -0.4 is 5.32 Å². The number of phosphoric acid groups is 1. The Balaban J connectivity index is 4.00. The van der Waals surface area contributed by atoms with E-state index in [1.54, 1.807) is 0 Å². The van der Waals surface area contributed by atoms with Crippen LogP contribution in [0.5, 0.6) is 0 Å². The Morgan fingerprint density at radius 2 is 0.667 bits per heavy atom. The highest BCUT2D eigenvalue weighted by Crippen LogP contribution is 2.43. The summed E-state index contributed by atoms with van der Waals surface area (Å²) in [7, 11) is 1.62. The summed E-state index contributed by atoms with van der Waals surface area (Å²) < 4.78 is 23.9. The summed E-state index contributed by atoms with van der Waals surface area (Å²) in [6, 6.07) is -0.768. The lowest BCUT2D eigenvalue weighted by Gasteiger charge is -2.26. The quantitative estimate of drug-likeness (QED) is 0.0243. The van der Waals surface area contributed by atoms with E-state index in [0.717, 1.165) is 89.9 Å². The van der Waals surface area contributed by atoms with Gasteiger partial charge in [-0.25, -0.2) is 4.57 Å². The summed E-state index contributed by atoms with van der Waals surface area (Å²) in [4.78, 5) is 23.5. The van der Waals surface area contributed by atoms with Crippen molar-refractivity contribution in [1.29, 1.82) is 0 Å². The number of aliphatic hydroxyl groups excluding tert-OH is 1. The Morgan fingerprint density at radius 3 is 0.978 bits per heavy atom. The standard InChI is InChI=1S/C81H149N2O6P/c1-6-8-10-12-14-16-18-20-22-24-26-28-30-32-34-36-37-38-39-40-41-42-43-44-45-47-49-51-53-55-57-59-61-63-65-67-69-71-73-75-81(85)82-79(78-89-90(86,87)88-77-76-83(3,4)5)80(84)74-72-70-68-66-64-62-60-58-56-54-52-50-48-46-35-33-31-29-27-25-23-21-19-17-15-13-11-9-7-2/h8,10,14,16,20,22,26,28,32,34,37-38,40-41,43-44,79-80,84H,6-7,9,11-13,15,17-19,21,23-25,27,29-31,33,35-36,39,42,45-78H2,1-5H3,(H-,82,85,86,87)/p+1/b10-8-,16-14-,22-20-,28-26-,34-32-,38-37-,41-40-,44-43-. The third-order valence-electron chi connectivity index (χ3n) is 17.3. The molecule has 1 amide bonds. The molecule has 0 aliphatic heterocycles. The van der Waals surface area contributed by atoms with E-state index >= 15 is 0 Å². The van der Waals surface area contributed by atoms with Crippen LogP contribution in [0.25, 0.3) is 0 Å². The molecule has 0 heterocycles. The second kappa shape index (κ2) is 70.7. The van der Waals surface area contributed by atoms with Gasteiger partial charge in [0.25, 0.3) is 0 Å². The zero-order valence-electron chi connectivity index (χ0n) is 60.1. The minimum atomic E-state index is -4.34. The molecule has 0 bridgehead atoms. The number of rotatable bonds is 71. The molecular weight excluding hydrogens is 1130 g/mol. The van der Waals surface area contributed by atoms with Crippen molar-refractivity contribution in [1.82, 2.24) is 5.32 Å². The lowest BCUT2D eigenvalue weighted by molar-refractivity contribution is -0.870. The zero-order chi connectivity index (χ0) is 65.5. The predicted molar refractivity (Wildman–Crippen MR) is 396 cm³/mol. The van der Waals surface area contributed by atoms with Gasteiger partial charge in [-0.1, -0.05) is 374 Å². The number of amides is 1. The number of nitrogens with one attached hydrogen (secondary N) is 1. The number of hydrogen-bond acceptors (Lipinski definition) is 5. The van der Waals surface area contributed by atoms with E-state index in [-0.39, 0.29) is 19.1 Å². The molecule has 0 aromatic heterocycles. The van der Waals surface area contributed by atoms with E-state index in [1.807, 2.05) is 21.1 Å². The van der Waals surface area contributed by atoms with Crippen molar-refractivity contribution in [2.45, 2.75) is 373 Å². The Hall–Kier alpha value is -2.58. The van der Waals surface area contributed by atoms with Gasteiger partial charge in [-0.2, -0.15) is 0 Å². The van der Waals surface area contributed by atoms with Gasteiger partial charge in [0.15, 0.2) is 0 Å². The zero-order valence-corrected chi connectivity index (χ0v) is 61.0. The summed E-state index contributed by atoms with van der Waals surface area (Å²) in [5.41, 5.74) is 0. The molecule has 0 rings (SSSR count). The first-order valence-electron chi connectivity index (χ1n) is 38.6. The van der Waals surface area contributed by atoms with E-state index in [0.29, 0.717) is 23.9 Å². The van der Waals surface area contributed by atoms with Crippen molar-refractivity contribution in [2.75, 3.05) is 40.9 Å². The lowest BCUT2D eigenvalue weighted by Crippen LogP contribution is -2.46. The highest BCUT2D eigenvalue weighted by atomic mass is 31.2. The maximum absolute atomic E-state index is 13.1. The van der Waals surface area contributed by atoms with Crippen molar-refractivity contribution >= 4 is 13.7 Å². The molecule has 0 aromatic rings. The summed E-state index contributed by atoms with van der Waals surface area (Å²) in [5.74, 6) is -0.142. The predicted octanol–water partition coefficient (Wildman–Crippen LogP) is 25.2. The topological polar surface area (TPSA) is 105 Å². The smallest absolute Gasteiger partial charge is 0.391 e. The Morgan fingerprint density at radius 1 is 0.389 bits per heavy atom. The van der Waals surface area contributed by atoms with E-state index in [1.165, 1.54) is 244 Å². The molecule has 0 aliphatic carbocycles. The van der Waals surface area contributed by atoms with Crippen LogP contribution in [0.15, 0.2) is 97.2 Å². The van der Waals surface area contributed by atoms with Gasteiger partial charge in [0.2, 0.25) is 5.91 Å². The molecule has 0 saturated heterocycles. The van der Waals surface area contributed by atoms with Crippen LogP contribution in [-0.4, -0.2) is 73.4 Å². The van der Waals surface area contributed by atoms with Gasteiger partial charge in [0, 0.05) is 6.42 Å². The number of unbranched alkanes of at least 4 members (excludes halogenated alkanes) is 42. The molecule has 0 saturated carbocycles. The maximum atomic E-state index is 13.1. The van der Waals surface area contributed by atoms with Gasteiger partial charge < -0.3 is 19.8 Å². The molecule has 3 N–H and O–H groups in total. The van der Waals surface area contributed by atoms with Gasteiger partial charge in [-0.3, -0.25) is 13.8 Å². The van der Waals surface area contributed by atoms with Crippen LogP contribution in [0, 0.1) is 0 Å². The first-order chi connectivity index (χ1) is 44.0. The van der Waals surface area contributed by atoms with Crippen LogP contribution in [0.3, 0.4) is 0 Å². The summed E-state index contributed by atoms with van der Waals surface area (Å²) in [5, 5.41) is 14.2. The number of aliphatic hydroxyl groups is 1. The molecule has 0 fully saturated rings. The number of allylic oxidation sites excluding steroid dienone is 16. The SMILES string of the molecule is CC/C=C\C/C=C\C/C=C\C/C=C\C/C=C\C/C=C\C/C=C\C/C=C\CCCCCCCCCCCCCCCCC(=O)NC(COP(=O)(O)OCC[N+](C)(C)C)C(O)CCCCCCCCCCCCCCCCCCCCCCCCCCCCCCC. The monoisotopic (exact) mass is 1280 g/mol. The van der Waals surface area contributed by atoms with Crippen LogP contribution in [0.2, 0.25) is 0 Å². The number of carbonyl (C=O) groups excluding carboxylic acids is 1. The molecule has 8 nitrogen and oxygen atoms in total. The molecule has 9 heteroatoms. The Bertz CT molecular complexity index is 1790. The number of nitrogens with zero attached hydrogens (tertiary/aromatic N) is 1. The molecule has 3 unspecified atom stereocenters. The Kier molecular flexibility index (Phi) is 68.7. The lowest BCUT2D eigenvalue weighted by atomic mass is 10.0. The van der Waals surface area contributed by atoms with Crippen molar-refractivity contribution in [3.8, 4) is 0 Å². The Labute approximate surface area is 559 Å². The fourth-order valence-electron chi connectivity index (χ4n) is 11.4. The molecule has 3 atom stereocenters. The normalized spacial score (nSPS) is 14.1. The van der Waals surface area contributed by atoms with Crippen LogP contribution >= 0.6 is 7.82 Å². The highest BCUT2D eigenvalue weighted by molar-refractivity contribution is 7.47. The van der Waals surface area contributed by atoms with Crippen molar-refractivity contribution < 1.29 is 32.9 Å². The average Bonchev–Trinajstić information content (AvgIpc) is 3.72. The molecule has 0 spiro atoms. The highest BCUT2D eigenvalue weighted by Gasteiger charge is 2.28. The fourth-order valence-corrected chi connectivity index (χ4v) is 12.2. The van der Waals surface area contributed by atoms with Crippen molar-refractivity contribution in [3.05, 3.63) is 97.2 Å². The van der Waals surface area contributed by atoms with Crippen LogP contribution in [0.4, 0.5) is 0 Å². The van der Waals surface area contributed by atoms with E-state index in [4.69, 9.17) is 9.05 Å². The third-order valence-corrected chi connectivity index (χ3v) is 18.3. The number of hydrogen-bond donors (Lipinski definition) is 3. The number of likely N-dealkylation sites (N-methyl/N-ethyl adjacent to an activating group) is 1. The van der Waals surface area contributed by atoms with Gasteiger partial charge in [-0.15, -0.1) is 0 Å². The molecule has 0 aliphatic rings. The van der Waals surface area contributed by atoms with Crippen molar-refractivity contribution in [2.24, 2.45) is 0 Å². The van der Waals surface area contributed by atoms with Crippen LogP contribution in [0.1, 0.15) is 361 Å². The molecular formula is C81H150N2O6P+. The fraction of sp³-hybridized carbons (Fsp3) is 0.790. The van der Waals surface area contributed by atoms with E-state index in [9.17, 15) is 19.4 Å². The summed E-state index contributed by atoms with van der Waals surface area (Å²) in [6.45, 7) is 4.82. The van der Waals surface area contributed by atoms with E-state index in [2.05, 4.69) is 116 Å². The number of phosphoric ester groups is 1. The summed E-state index contributed by atoms with van der Waals surface area (Å²) >= 11 is 0. The minimum absolute atomic E-state index is 0.0727. The molecule has 90 heavy (non-hydrogen) atoms.